The minimum Gasteiger partial charge on any atom is -0.488 e. The first kappa shape index (κ1) is 38.4. The molecule has 0 aliphatic rings. The van der Waals surface area contributed by atoms with E-state index in [0.29, 0.717) is 33.0 Å². The van der Waals surface area contributed by atoms with Crippen molar-refractivity contribution in [2.75, 3.05) is 11.3 Å². The van der Waals surface area contributed by atoms with Gasteiger partial charge in [0, 0.05) is 10.7 Å². The second kappa shape index (κ2) is 15.7. The highest BCUT2D eigenvalue weighted by Crippen LogP contribution is 2.31. The zero-order valence-electron chi connectivity index (χ0n) is 29.7. The van der Waals surface area contributed by atoms with Gasteiger partial charge in [-0.15, -0.1) is 0 Å². The highest BCUT2D eigenvalue weighted by Gasteiger charge is 2.30. The van der Waals surface area contributed by atoms with Gasteiger partial charge in [0.05, 0.1) is 22.7 Å². The molecule has 0 bridgehead atoms. The number of halogens is 1. The molecule has 4 aromatic rings. The van der Waals surface area contributed by atoms with Crippen LogP contribution < -0.4 is 14.8 Å². The molecule has 0 heterocycles. The van der Waals surface area contributed by atoms with Gasteiger partial charge in [-0.1, -0.05) is 60.1 Å². The Morgan fingerprint density at radius 1 is 0.800 bits per heavy atom. The molecule has 50 heavy (non-hydrogen) atoms. The van der Waals surface area contributed by atoms with Crippen LogP contribution >= 0.6 is 11.6 Å². The largest absolute Gasteiger partial charge is 0.488 e. The number of hydrogen-bond acceptors (Lipinski definition) is 7. The number of rotatable bonds is 12. The van der Waals surface area contributed by atoms with Gasteiger partial charge in [0.25, 0.3) is 15.9 Å². The maximum Gasteiger partial charge on any atom is 0.331 e. The summed E-state index contributed by atoms with van der Waals surface area (Å²) in [5.41, 5.74) is 2.61. The van der Waals surface area contributed by atoms with Gasteiger partial charge in [-0.05, 0) is 120 Å². The fraction of sp³-hybridized carbons (Fsp3) is 0.333. The number of ether oxygens (including phenoxy) is 3. The fourth-order valence-corrected chi connectivity index (χ4v) is 6.45. The van der Waals surface area contributed by atoms with Crippen molar-refractivity contribution in [1.29, 1.82) is 0 Å². The van der Waals surface area contributed by atoms with E-state index in [1.54, 1.807) is 83.1 Å². The minimum atomic E-state index is -3.93. The molecule has 9 nitrogen and oxygen atoms in total. The molecule has 0 fully saturated rings. The second-order valence-electron chi connectivity index (χ2n) is 14.0. The van der Waals surface area contributed by atoms with Crippen LogP contribution in [0.25, 0.3) is 11.1 Å². The van der Waals surface area contributed by atoms with E-state index >= 15 is 0 Å². The Balaban J connectivity index is 1.67. The summed E-state index contributed by atoms with van der Waals surface area (Å²) >= 11 is 6.20. The number of amides is 1. The van der Waals surface area contributed by atoms with Crippen molar-refractivity contribution in [2.45, 2.75) is 84.1 Å². The van der Waals surface area contributed by atoms with E-state index in [1.807, 2.05) is 57.2 Å². The van der Waals surface area contributed by atoms with Gasteiger partial charge in [-0.3, -0.25) is 9.52 Å². The number of anilines is 1. The first-order chi connectivity index (χ1) is 23.3. The van der Waals surface area contributed by atoms with Crippen molar-refractivity contribution < 1.29 is 32.2 Å². The summed E-state index contributed by atoms with van der Waals surface area (Å²) in [6.45, 7) is 14.3. The first-order valence-electron chi connectivity index (χ1n) is 16.2. The summed E-state index contributed by atoms with van der Waals surface area (Å²) in [6.07, 6.45) is 0. The van der Waals surface area contributed by atoms with Crippen molar-refractivity contribution in [3.8, 4) is 16.9 Å². The summed E-state index contributed by atoms with van der Waals surface area (Å²) in [5, 5.41) is 3.28. The van der Waals surface area contributed by atoms with Gasteiger partial charge in [-0.2, -0.15) is 0 Å². The summed E-state index contributed by atoms with van der Waals surface area (Å²) in [6, 6.07) is 23.6. The van der Waals surface area contributed by atoms with Crippen LogP contribution in [0.5, 0.6) is 5.75 Å². The van der Waals surface area contributed by atoms with Crippen molar-refractivity contribution >= 4 is 39.2 Å². The molecule has 0 radical (unpaired) electrons. The van der Waals surface area contributed by atoms with Crippen molar-refractivity contribution in [3.05, 3.63) is 112 Å². The molecule has 4 aromatic carbocycles. The van der Waals surface area contributed by atoms with Gasteiger partial charge >= 0.3 is 5.97 Å². The number of benzene rings is 4. The third-order valence-electron chi connectivity index (χ3n) is 7.34. The van der Waals surface area contributed by atoms with Gasteiger partial charge in [0.15, 0.2) is 6.04 Å². The molecule has 1 unspecified atom stereocenters. The molecule has 0 spiro atoms. The van der Waals surface area contributed by atoms with E-state index in [9.17, 15) is 18.0 Å². The zero-order valence-corrected chi connectivity index (χ0v) is 31.3. The third-order valence-corrected chi connectivity index (χ3v) is 9.27. The molecule has 266 valence electrons. The minimum absolute atomic E-state index is 0.0970. The Morgan fingerprint density at radius 2 is 1.48 bits per heavy atom. The lowest BCUT2D eigenvalue weighted by atomic mass is 10.0. The number of carbonyl (C=O) groups excluding carboxylic acids is 2. The second-order valence-corrected chi connectivity index (χ2v) is 16.1. The lowest BCUT2D eigenvalue weighted by molar-refractivity contribution is -0.160. The maximum absolute atomic E-state index is 13.8. The van der Waals surface area contributed by atoms with Crippen molar-refractivity contribution in [1.82, 2.24) is 5.32 Å². The average Bonchev–Trinajstić information content (AvgIpc) is 3.02. The summed E-state index contributed by atoms with van der Waals surface area (Å²) in [5.74, 6) is -0.911. The van der Waals surface area contributed by atoms with Crippen LogP contribution in [0.4, 0.5) is 5.69 Å². The molecule has 0 aromatic heterocycles. The smallest absolute Gasteiger partial charge is 0.331 e. The predicted molar refractivity (Wildman–Crippen MR) is 197 cm³/mol. The average molecular weight is 721 g/mol. The highest BCUT2D eigenvalue weighted by atomic mass is 35.5. The van der Waals surface area contributed by atoms with E-state index in [-0.39, 0.29) is 29.4 Å². The molecule has 0 aliphatic carbocycles. The molecular weight excluding hydrogens is 676 g/mol. The van der Waals surface area contributed by atoms with Gasteiger partial charge < -0.3 is 19.5 Å². The molecule has 0 saturated heterocycles. The summed E-state index contributed by atoms with van der Waals surface area (Å²) in [7, 11) is -3.93. The first-order valence-corrected chi connectivity index (χ1v) is 18.1. The lowest BCUT2D eigenvalue weighted by Crippen LogP contribution is -2.48. The summed E-state index contributed by atoms with van der Waals surface area (Å²) in [4.78, 5) is 27.1. The zero-order chi connectivity index (χ0) is 36.9. The molecule has 1 amide bonds. The van der Waals surface area contributed by atoms with Gasteiger partial charge in [-0.25, -0.2) is 13.2 Å². The molecule has 0 aliphatic heterocycles. The molecule has 11 heteroatoms. The van der Waals surface area contributed by atoms with Crippen LogP contribution in [0.2, 0.25) is 5.02 Å². The van der Waals surface area contributed by atoms with Crippen LogP contribution in [0, 0.1) is 13.8 Å². The number of aryl methyl sites for hydroxylation is 2. The maximum atomic E-state index is 13.8. The molecule has 4 rings (SSSR count). The highest BCUT2D eigenvalue weighted by molar-refractivity contribution is 7.92. The Kier molecular flexibility index (Phi) is 12.0. The van der Waals surface area contributed by atoms with Crippen LogP contribution in [0.3, 0.4) is 0 Å². The summed E-state index contributed by atoms with van der Waals surface area (Å²) < 4.78 is 47.1. The van der Waals surface area contributed by atoms with Crippen LogP contribution in [-0.2, 0) is 30.9 Å². The number of hydrogen-bond donors (Lipinski definition) is 2. The van der Waals surface area contributed by atoms with E-state index in [2.05, 4.69) is 10.0 Å². The Labute approximate surface area is 300 Å². The predicted octanol–water partition coefficient (Wildman–Crippen LogP) is 8.26. The SMILES string of the molecule is Cc1cc(S(=O)(=O)Nc2cccc(-c3ccc(C(=O)NC(COC(C)(C)C)C(=O)OC(C)(C)C)c(OCc4ccccc4)c3)c2)c(C)cc1Cl. The van der Waals surface area contributed by atoms with E-state index in [4.69, 9.17) is 25.8 Å². The van der Waals surface area contributed by atoms with Gasteiger partial charge in [0.2, 0.25) is 0 Å². The normalized spacial score (nSPS) is 12.6. The van der Waals surface area contributed by atoms with Crippen LogP contribution in [0.15, 0.2) is 89.8 Å². The number of esters is 1. The Hall–Kier alpha value is -4.38. The molecule has 2 N–H and O–H groups in total. The lowest BCUT2D eigenvalue weighted by Gasteiger charge is -2.27. The molecular formula is C39H45ClN2O7S. The van der Waals surface area contributed by atoms with Gasteiger partial charge in [0.1, 0.15) is 18.0 Å². The topological polar surface area (TPSA) is 120 Å². The van der Waals surface area contributed by atoms with Crippen molar-refractivity contribution in [3.63, 3.8) is 0 Å². The van der Waals surface area contributed by atoms with Crippen molar-refractivity contribution in [2.24, 2.45) is 0 Å². The number of nitrogens with one attached hydrogen (secondary N) is 2. The quantitative estimate of drug-likeness (QED) is 0.141. The number of carbonyl (C=O) groups is 2. The Morgan fingerprint density at radius 3 is 2.14 bits per heavy atom. The van der Waals surface area contributed by atoms with Crippen LogP contribution in [0.1, 0.15) is 68.6 Å². The standard InChI is InChI=1S/C39H45ClN2O7S/c1-25-20-35(26(2)19-32(25)40)50(45,46)42-30-16-12-15-28(21-30)29-17-18-31(34(22-29)47-23-27-13-10-9-11-14-27)36(43)41-33(24-48-38(3,4)5)37(44)49-39(6,7)8/h9-22,33,42H,23-24H2,1-8H3,(H,41,43). The third kappa shape index (κ3) is 10.8. The number of sulfonamides is 1. The van der Waals surface area contributed by atoms with Crippen LogP contribution in [-0.4, -0.2) is 44.1 Å². The molecule has 0 saturated carbocycles. The fourth-order valence-electron chi connectivity index (χ4n) is 4.87. The monoisotopic (exact) mass is 720 g/mol. The van der Waals surface area contributed by atoms with E-state index in [1.165, 1.54) is 0 Å². The van der Waals surface area contributed by atoms with E-state index in [0.717, 1.165) is 5.56 Å². The molecule has 1 atom stereocenters. The Bertz CT molecular complexity index is 1950. The van der Waals surface area contributed by atoms with E-state index < -0.39 is 39.1 Å².